The fourth-order valence-electron chi connectivity index (χ4n) is 1.83. The molecule has 18 heavy (non-hydrogen) atoms. The van der Waals surface area contributed by atoms with Gasteiger partial charge in [0.15, 0.2) is 0 Å². The van der Waals surface area contributed by atoms with Gasteiger partial charge in [0.2, 0.25) is 0 Å². The van der Waals surface area contributed by atoms with E-state index in [4.69, 9.17) is 5.73 Å². The highest BCUT2D eigenvalue weighted by molar-refractivity contribution is 5.74. The van der Waals surface area contributed by atoms with Gasteiger partial charge in [-0.05, 0) is 24.5 Å². The summed E-state index contributed by atoms with van der Waals surface area (Å²) >= 11 is 0. The lowest BCUT2D eigenvalue weighted by Gasteiger charge is -2.27. The minimum absolute atomic E-state index is 0.0831. The number of fused-ring (bicyclic) bond motifs is 1. The van der Waals surface area contributed by atoms with E-state index in [1.165, 1.54) is 0 Å². The lowest BCUT2D eigenvalue weighted by Crippen LogP contribution is -2.37. The molecular formula is C15H21N3. The molecule has 1 aromatic heterocycles. The first-order valence-electron chi connectivity index (χ1n) is 6.36. The molecule has 1 heterocycles. The van der Waals surface area contributed by atoms with Crippen LogP contribution in [0.4, 0.5) is 0 Å². The van der Waals surface area contributed by atoms with E-state index in [0.29, 0.717) is 0 Å². The summed E-state index contributed by atoms with van der Waals surface area (Å²) in [6.45, 7) is 8.47. The predicted molar refractivity (Wildman–Crippen MR) is 75.4 cm³/mol. The van der Waals surface area contributed by atoms with Crippen LogP contribution in [0.2, 0.25) is 0 Å². The van der Waals surface area contributed by atoms with E-state index in [1.54, 1.807) is 0 Å². The third-order valence-corrected chi connectivity index (χ3v) is 3.37. The molecule has 3 nitrogen and oxygen atoms in total. The largest absolute Gasteiger partial charge is 0.327 e. The van der Waals surface area contributed by atoms with Gasteiger partial charge in [-0.2, -0.15) is 0 Å². The number of aromatic nitrogens is 2. The first-order valence-corrected chi connectivity index (χ1v) is 6.36. The molecule has 0 spiro atoms. The van der Waals surface area contributed by atoms with E-state index in [9.17, 15) is 0 Å². The molecule has 0 fully saturated rings. The zero-order valence-electron chi connectivity index (χ0n) is 11.6. The zero-order chi connectivity index (χ0) is 13.3. The SMILES string of the molecule is Cc1nc2ccccc2nc1CC(N)C(C)(C)C. The first-order chi connectivity index (χ1) is 8.38. The van der Waals surface area contributed by atoms with Gasteiger partial charge >= 0.3 is 0 Å². The number of hydrogen-bond acceptors (Lipinski definition) is 3. The summed E-state index contributed by atoms with van der Waals surface area (Å²) in [7, 11) is 0. The van der Waals surface area contributed by atoms with Crippen LogP contribution in [-0.2, 0) is 6.42 Å². The highest BCUT2D eigenvalue weighted by Gasteiger charge is 2.22. The normalized spacial score (nSPS) is 13.8. The van der Waals surface area contributed by atoms with Gasteiger partial charge in [0.1, 0.15) is 0 Å². The minimum atomic E-state index is 0.0831. The monoisotopic (exact) mass is 243 g/mol. The summed E-state index contributed by atoms with van der Waals surface area (Å²) in [5, 5.41) is 0. The number of nitrogens with two attached hydrogens (primary N) is 1. The van der Waals surface area contributed by atoms with Crippen LogP contribution in [0.25, 0.3) is 11.0 Å². The molecule has 1 atom stereocenters. The number of para-hydroxylation sites is 2. The molecule has 2 aromatic rings. The molecule has 0 saturated heterocycles. The molecule has 0 aliphatic heterocycles. The molecule has 0 bridgehead atoms. The molecule has 1 unspecified atom stereocenters. The van der Waals surface area contributed by atoms with Gasteiger partial charge < -0.3 is 5.73 Å². The quantitative estimate of drug-likeness (QED) is 0.882. The molecule has 0 aliphatic carbocycles. The number of benzene rings is 1. The predicted octanol–water partition coefficient (Wildman–Crippen LogP) is 2.85. The molecule has 0 saturated carbocycles. The van der Waals surface area contributed by atoms with E-state index in [2.05, 4.69) is 30.7 Å². The zero-order valence-corrected chi connectivity index (χ0v) is 11.6. The Morgan fingerprint density at radius 1 is 1.11 bits per heavy atom. The van der Waals surface area contributed by atoms with Gasteiger partial charge in [-0.15, -0.1) is 0 Å². The van der Waals surface area contributed by atoms with E-state index in [-0.39, 0.29) is 11.5 Å². The van der Waals surface area contributed by atoms with Gasteiger partial charge in [0.25, 0.3) is 0 Å². The molecule has 0 amide bonds. The molecule has 3 heteroatoms. The third kappa shape index (κ3) is 2.67. The molecule has 0 radical (unpaired) electrons. The van der Waals surface area contributed by atoms with Crippen LogP contribution in [-0.4, -0.2) is 16.0 Å². The van der Waals surface area contributed by atoms with E-state index >= 15 is 0 Å². The Balaban J connectivity index is 2.36. The van der Waals surface area contributed by atoms with E-state index in [0.717, 1.165) is 28.8 Å². The summed E-state index contributed by atoms with van der Waals surface area (Å²) in [5.74, 6) is 0. The molecule has 0 aliphatic rings. The molecule has 96 valence electrons. The van der Waals surface area contributed by atoms with Gasteiger partial charge in [0, 0.05) is 12.5 Å². The van der Waals surface area contributed by atoms with Gasteiger partial charge in [-0.25, -0.2) is 9.97 Å². The molecule has 2 N–H and O–H groups in total. The lowest BCUT2D eigenvalue weighted by molar-refractivity contribution is 0.316. The first kappa shape index (κ1) is 13.0. The van der Waals surface area contributed by atoms with Crippen LogP contribution in [0.5, 0.6) is 0 Å². The highest BCUT2D eigenvalue weighted by Crippen LogP contribution is 2.22. The van der Waals surface area contributed by atoms with Crippen molar-refractivity contribution in [3.05, 3.63) is 35.7 Å². The highest BCUT2D eigenvalue weighted by atomic mass is 14.8. The van der Waals surface area contributed by atoms with E-state index < -0.39 is 0 Å². The van der Waals surface area contributed by atoms with Crippen molar-refractivity contribution in [3.8, 4) is 0 Å². The third-order valence-electron chi connectivity index (χ3n) is 3.37. The van der Waals surface area contributed by atoms with Crippen LogP contribution >= 0.6 is 0 Å². The summed E-state index contributed by atoms with van der Waals surface area (Å²) in [6, 6.07) is 8.04. The second-order valence-corrected chi connectivity index (χ2v) is 5.92. The Labute approximate surface area is 108 Å². The number of rotatable bonds is 2. The number of aryl methyl sites for hydroxylation is 1. The van der Waals surface area contributed by atoms with Crippen molar-refractivity contribution in [2.45, 2.75) is 40.2 Å². The molecular weight excluding hydrogens is 222 g/mol. The molecule has 1 aromatic carbocycles. The maximum absolute atomic E-state index is 6.23. The fraction of sp³-hybridized carbons (Fsp3) is 0.467. The molecule has 2 rings (SSSR count). The topological polar surface area (TPSA) is 51.8 Å². The van der Waals surface area contributed by atoms with Crippen LogP contribution in [0.1, 0.15) is 32.2 Å². The maximum Gasteiger partial charge on any atom is 0.0890 e. The Bertz CT molecular complexity index is 555. The smallest absolute Gasteiger partial charge is 0.0890 e. The van der Waals surface area contributed by atoms with Gasteiger partial charge in [-0.3, -0.25) is 0 Å². The Morgan fingerprint density at radius 3 is 2.22 bits per heavy atom. The average molecular weight is 243 g/mol. The van der Waals surface area contributed by atoms with Crippen molar-refractivity contribution in [3.63, 3.8) is 0 Å². The van der Waals surface area contributed by atoms with E-state index in [1.807, 2.05) is 31.2 Å². The fourth-order valence-corrected chi connectivity index (χ4v) is 1.83. The maximum atomic E-state index is 6.23. The van der Waals surface area contributed by atoms with Crippen molar-refractivity contribution >= 4 is 11.0 Å². The van der Waals surface area contributed by atoms with Gasteiger partial charge in [-0.1, -0.05) is 32.9 Å². The van der Waals surface area contributed by atoms with Crippen LogP contribution in [0.15, 0.2) is 24.3 Å². The van der Waals surface area contributed by atoms with Crippen LogP contribution < -0.4 is 5.73 Å². The van der Waals surface area contributed by atoms with Crippen molar-refractivity contribution in [2.75, 3.05) is 0 Å². The summed E-state index contributed by atoms with van der Waals surface area (Å²) < 4.78 is 0. The van der Waals surface area contributed by atoms with Crippen molar-refractivity contribution in [1.82, 2.24) is 9.97 Å². The van der Waals surface area contributed by atoms with Crippen molar-refractivity contribution in [2.24, 2.45) is 11.1 Å². The Morgan fingerprint density at radius 2 is 1.67 bits per heavy atom. The second kappa shape index (κ2) is 4.65. The summed E-state index contributed by atoms with van der Waals surface area (Å²) in [6.07, 6.45) is 0.771. The van der Waals surface area contributed by atoms with Crippen molar-refractivity contribution < 1.29 is 0 Å². The summed E-state index contributed by atoms with van der Waals surface area (Å²) in [4.78, 5) is 9.28. The number of hydrogen-bond donors (Lipinski definition) is 1. The van der Waals surface area contributed by atoms with Crippen LogP contribution in [0.3, 0.4) is 0 Å². The average Bonchev–Trinajstić information content (AvgIpc) is 2.28. The Kier molecular flexibility index (Phi) is 3.35. The second-order valence-electron chi connectivity index (χ2n) is 5.92. The van der Waals surface area contributed by atoms with Crippen LogP contribution in [0, 0.1) is 12.3 Å². The minimum Gasteiger partial charge on any atom is -0.327 e. The standard InChI is InChI=1S/C15H21N3/c1-10-13(9-14(16)15(2,3)4)18-12-8-6-5-7-11(12)17-10/h5-8,14H,9,16H2,1-4H3. The van der Waals surface area contributed by atoms with Crippen molar-refractivity contribution in [1.29, 1.82) is 0 Å². The lowest BCUT2D eigenvalue weighted by atomic mass is 9.84. The summed E-state index contributed by atoms with van der Waals surface area (Å²) in [5.41, 5.74) is 10.2. The Hall–Kier alpha value is -1.48. The number of nitrogens with zero attached hydrogens (tertiary/aromatic N) is 2. The van der Waals surface area contributed by atoms with Gasteiger partial charge in [0.05, 0.1) is 22.4 Å².